The van der Waals surface area contributed by atoms with Crippen molar-refractivity contribution in [1.29, 1.82) is 0 Å². The fourth-order valence-electron chi connectivity index (χ4n) is 2.52. The highest BCUT2D eigenvalue weighted by molar-refractivity contribution is 7.97. The topological polar surface area (TPSA) is 9.23 Å². The molecule has 0 aliphatic carbocycles. The van der Waals surface area contributed by atoms with E-state index >= 15 is 0 Å². The number of ether oxygens (including phenoxy) is 1. The first kappa shape index (κ1) is 21.9. The van der Waals surface area contributed by atoms with Gasteiger partial charge in [0.25, 0.3) is 0 Å². The highest BCUT2D eigenvalue weighted by Crippen LogP contribution is 2.32. The summed E-state index contributed by atoms with van der Waals surface area (Å²) in [6.45, 7) is 2.54. The van der Waals surface area contributed by atoms with Gasteiger partial charge < -0.3 is 4.74 Å². The zero-order chi connectivity index (χ0) is 20.6. The molecular formula is C23H24F3OS+. The second kappa shape index (κ2) is 10.2. The minimum absolute atomic E-state index is 0.102. The van der Waals surface area contributed by atoms with Crippen LogP contribution in [0, 0.1) is 0 Å². The van der Waals surface area contributed by atoms with Gasteiger partial charge in [0.2, 0.25) is 0 Å². The lowest BCUT2D eigenvalue weighted by atomic mass is 10.2. The molecule has 0 spiro atoms. The highest BCUT2D eigenvalue weighted by atomic mass is 32.2. The molecule has 1 nitrogen and oxygen atoms in total. The molecule has 0 fully saturated rings. The van der Waals surface area contributed by atoms with Crippen LogP contribution in [0.3, 0.4) is 0 Å². The van der Waals surface area contributed by atoms with Gasteiger partial charge in [0.1, 0.15) is 11.4 Å². The molecule has 0 saturated heterocycles. The normalized spacial score (nSPS) is 11.1. The lowest BCUT2D eigenvalue weighted by Gasteiger charge is -2.21. The van der Waals surface area contributed by atoms with E-state index < -0.39 is 6.68 Å². The van der Waals surface area contributed by atoms with E-state index in [1.165, 1.54) is 14.7 Å². The molecule has 0 radical (unpaired) electrons. The van der Waals surface area contributed by atoms with Gasteiger partial charge in [-0.2, -0.15) is 13.2 Å². The van der Waals surface area contributed by atoms with Crippen LogP contribution in [0.25, 0.3) is 0 Å². The van der Waals surface area contributed by atoms with E-state index in [-0.39, 0.29) is 16.5 Å². The Morgan fingerprint density at radius 2 is 1.00 bits per heavy atom. The Bertz CT molecular complexity index is 774. The maximum Gasteiger partial charge on any atom is 0.379 e. The number of alkyl halides is 3. The van der Waals surface area contributed by atoms with E-state index in [0.29, 0.717) is 0 Å². The van der Waals surface area contributed by atoms with Gasteiger partial charge in [0.05, 0.1) is 10.9 Å². The third-order valence-corrected chi connectivity index (χ3v) is 5.67. The largest absolute Gasteiger partial charge is 0.488 e. The van der Waals surface area contributed by atoms with Crippen molar-refractivity contribution in [3.8, 4) is 5.75 Å². The van der Waals surface area contributed by atoms with E-state index in [4.69, 9.17) is 4.74 Å². The first-order valence-corrected chi connectivity index (χ1v) is 10.0. The number of hydrogen-bond acceptors (Lipinski definition) is 1. The summed E-state index contributed by atoms with van der Waals surface area (Å²) >= 11 is 0. The van der Waals surface area contributed by atoms with Crippen molar-refractivity contribution in [2.75, 3.05) is 0 Å². The molecule has 3 aromatic rings. The van der Waals surface area contributed by atoms with Gasteiger partial charge in [-0.1, -0.05) is 36.4 Å². The quantitative estimate of drug-likeness (QED) is 0.419. The third kappa shape index (κ3) is 7.31. The summed E-state index contributed by atoms with van der Waals surface area (Å²) in [5, 5.41) is 0. The van der Waals surface area contributed by atoms with Crippen LogP contribution in [0.1, 0.15) is 20.8 Å². The lowest BCUT2D eigenvalue weighted by Crippen LogP contribution is -2.22. The lowest BCUT2D eigenvalue weighted by molar-refractivity contribution is 0.00819. The number of halogens is 3. The molecule has 0 N–H and O–H groups in total. The van der Waals surface area contributed by atoms with E-state index in [0.717, 1.165) is 5.75 Å². The standard InChI is InChI=1S/C22H23OS.CHF3/c1-22(2,3)23-18-14-16-21(17-15-18)24(19-10-6-4-7-11-19)20-12-8-5-9-13-20;2-1(3)4/h4-17H,1-3H3;1H/q+1;. The molecule has 0 aliphatic heterocycles. The highest BCUT2D eigenvalue weighted by Gasteiger charge is 2.28. The fraction of sp³-hybridized carbons (Fsp3) is 0.217. The summed E-state index contributed by atoms with van der Waals surface area (Å²) < 4.78 is 35.0. The Morgan fingerprint density at radius 3 is 1.36 bits per heavy atom. The van der Waals surface area contributed by atoms with Crippen molar-refractivity contribution in [2.24, 2.45) is 0 Å². The molecule has 5 heteroatoms. The molecule has 0 aromatic heterocycles. The minimum Gasteiger partial charge on any atom is -0.488 e. The number of rotatable bonds is 4. The van der Waals surface area contributed by atoms with Crippen LogP contribution in [-0.4, -0.2) is 12.3 Å². The van der Waals surface area contributed by atoms with E-state index in [2.05, 4.69) is 106 Å². The van der Waals surface area contributed by atoms with Crippen LogP contribution < -0.4 is 4.74 Å². The fourth-order valence-corrected chi connectivity index (χ4v) is 4.60. The van der Waals surface area contributed by atoms with Crippen molar-refractivity contribution < 1.29 is 17.9 Å². The predicted octanol–water partition coefficient (Wildman–Crippen LogP) is 7.14. The molecule has 0 amide bonds. The zero-order valence-corrected chi connectivity index (χ0v) is 16.9. The Balaban J connectivity index is 0.000000640. The summed E-state index contributed by atoms with van der Waals surface area (Å²) in [5.41, 5.74) is -0.179. The summed E-state index contributed by atoms with van der Waals surface area (Å²) in [4.78, 5) is 3.95. The first-order valence-electron chi connectivity index (χ1n) is 8.82. The van der Waals surface area contributed by atoms with E-state index in [9.17, 15) is 13.2 Å². The van der Waals surface area contributed by atoms with Crippen LogP contribution >= 0.6 is 0 Å². The zero-order valence-electron chi connectivity index (χ0n) is 16.1. The first-order chi connectivity index (χ1) is 13.3. The van der Waals surface area contributed by atoms with Gasteiger partial charge in [0, 0.05) is 0 Å². The molecule has 0 aliphatic rings. The Hall–Kier alpha value is -2.40. The monoisotopic (exact) mass is 405 g/mol. The van der Waals surface area contributed by atoms with Crippen molar-refractivity contribution in [2.45, 2.75) is 47.7 Å². The molecule has 3 aromatic carbocycles. The molecule has 0 saturated carbocycles. The SMILES string of the molecule is CC(C)(C)Oc1ccc([S+](c2ccccc2)c2ccccc2)cc1.FC(F)F. The van der Waals surface area contributed by atoms with Crippen molar-refractivity contribution in [3.63, 3.8) is 0 Å². The summed E-state index contributed by atoms with van der Waals surface area (Å²) in [5.74, 6) is 0.913. The van der Waals surface area contributed by atoms with Gasteiger partial charge in [-0.05, 0) is 69.3 Å². The molecule has 3 rings (SSSR count). The van der Waals surface area contributed by atoms with Gasteiger partial charge in [-0.3, -0.25) is 0 Å². The molecule has 148 valence electrons. The van der Waals surface area contributed by atoms with Crippen LogP contribution in [0.5, 0.6) is 5.75 Å². The van der Waals surface area contributed by atoms with Gasteiger partial charge in [-0.25, -0.2) is 0 Å². The second-order valence-corrected chi connectivity index (χ2v) is 8.89. The van der Waals surface area contributed by atoms with Crippen LogP contribution in [-0.2, 0) is 10.9 Å². The average Bonchev–Trinajstić information content (AvgIpc) is 2.64. The molecular weight excluding hydrogens is 381 g/mol. The van der Waals surface area contributed by atoms with Gasteiger partial charge in [0.15, 0.2) is 14.7 Å². The van der Waals surface area contributed by atoms with Crippen molar-refractivity contribution in [1.82, 2.24) is 0 Å². The Labute approximate surface area is 167 Å². The average molecular weight is 406 g/mol. The van der Waals surface area contributed by atoms with Crippen LogP contribution in [0.4, 0.5) is 13.2 Å². The molecule has 0 heterocycles. The molecule has 0 bridgehead atoms. The van der Waals surface area contributed by atoms with E-state index in [1.54, 1.807) is 0 Å². The van der Waals surface area contributed by atoms with Gasteiger partial charge in [-0.15, -0.1) is 0 Å². The van der Waals surface area contributed by atoms with Crippen molar-refractivity contribution >= 4 is 10.9 Å². The third-order valence-electron chi connectivity index (χ3n) is 3.44. The smallest absolute Gasteiger partial charge is 0.379 e. The Morgan fingerprint density at radius 1 is 0.643 bits per heavy atom. The van der Waals surface area contributed by atoms with Crippen molar-refractivity contribution in [3.05, 3.63) is 84.9 Å². The summed E-state index contributed by atoms with van der Waals surface area (Å²) in [6, 6.07) is 29.9. The molecule has 0 unspecified atom stereocenters. The molecule has 28 heavy (non-hydrogen) atoms. The Kier molecular flexibility index (Phi) is 8.00. The minimum atomic E-state index is -3.67. The van der Waals surface area contributed by atoms with Gasteiger partial charge >= 0.3 is 6.68 Å². The van der Waals surface area contributed by atoms with Crippen LogP contribution in [0.2, 0.25) is 0 Å². The second-order valence-electron chi connectivity index (χ2n) is 6.87. The molecule has 0 atom stereocenters. The maximum absolute atomic E-state index is 9.67. The summed E-state index contributed by atoms with van der Waals surface area (Å²) in [7, 11) is -0.102. The number of hydrogen-bond donors (Lipinski definition) is 0. The number of benzene rings is 3. The van der Waals surface area contributed by atoms with E-state index in [1.807, 2.05) is 0 Å². The maximum atomic E-state index is 9.67. The predicted molar refractivity (Wildman–Crippen MR) is 109 cm³/mol. The van der Waals surface area contributed by atoms with Crippen LogP contribution in [0.15, 0.2) is 99.6 Å². The summed E-state index contributed by atoms with van der Waals surface area (Å²) in [6.07, 6.45) is 0.